The van der Waals surface area contributed by atoms with Crippen molar-refractivity contribution >= 4 is 11.6 Å². The fraction of sp³-hybridized carbons (Fsp3) is 0.200. The Hall–Kier alpha value is -1.39. The highest BCUT2D eigenvalue weighted by Gasteiger charge is 2.14. The lowest BCUT2D eigenvalue weighted by Gasteiger charge is -2.09. The highest BCUT2D eigenvalue weighted by molar-refractivity contribution is 6.31. The Bertz CT molecular complexity index is 466. The summed E-state index contributed by atoms with van der Waals surface area (Å²) in [7, 11) is 1.84. The van der Waals surface area contributed by atoms with Crippen LogP contribution in [0.1, 0.15) is 17.3 Å². The van der Waals surface area contributed by atoms with Gasteiger partial charge in [-0.1, -0.05) is 11.6 Å². The minimum Gasteiger partial charge on any atom is -0.319 e. The number of halogens is 1. The first kappa shape index (κ1) is 10.1. The Labute approximate surface area is 92.7 Å². The van der Waals surface area contributed by atoms with Crippen LogP contribution in [0.2, 0.25) is 5.02 Å². The number of nitrogens with zero attached hydrogens (tertiary/aromatic N) is 3. The molecule has 0 aliphatic heterocycles. The third-order valence-corrected chi connectivity index (χ3v) is 2.49. The second-order valence-corrected chi connectivity index (χ2v) is 3.70. The lowest BCUT2D eigenvalue weighted by atomic mass is 10.1. The molecule has 2 aromatic heterocycles. The van der Waals surface area contributed by atoms with E-state index in [0.29, 0.717) is 10.7 Å². The Kier molecular flexibility index (Phi) is 2.70. The summed E-state index contributed by atoms with van der Waals surface area (Å²) in [4.78, 5) is 4.17. The van der Waals surface area contributed by atoms with Gasteiger partial charge >= 0.3 is 0 Å². The Morgan fingerprint density at radius 2 is 2.33 bits per heavy atom. The van der Waals surface area contributed by atoms with Gasteiger partial charge in [0.2, 0.25) is 0 Å². The summed E-state index contributed by atoms with van der Waals surface area (Å²) in [6.07, 6.45) is 5.25. The van der Waals surface area contributed by atoms with Crippen LogP contribution in [-0.4, -0.2) is 14.8 Å². The number of hydrogen-bond acceptors (Lipinski definition) is 3. The predicted octanol–water partition coefficient (Wildman–Crippen LogP) is 1.52. The molecule has 0 spiro atoms. The lowest BCUT2D eigenvalue weighted by Crippen LogP contribution is -2.13. The van der Waals surface area contributed by atoms with E-state index in [9.17, 15) is 0 Å². The molecule has 0 saturated carbocycles. The molecule has 0 aliphatic rings. The molecule has 4 nitrogen and oxygen atoms in total. The van der Waals surface area contributed by atoms with Gasteiger partial charge in [-0.3, -0.25) is 9.67 Å². The van der Waals surface area contributed by atoms with Gasteiger partial charge in [-0.2, -0.15) is 5.10 Å². The predicted molar refractivity (Wildman–Crippen MR) is 58.5 cm³/mol. The number of pyridine rings is 1. The molecule has 0 radical (unpaired) electrons. The Morgan fingerprint density at radius 3 is 2.93 bits per heavy atom. The first-order valence-corrected chi connectivity index (χ1v) is 4.91. The summed E-state index contributed by atoms with van der Waals surface area (Å²) < 4.78 is 1.70. The quantitative estimate of drug-likeness (QED) is 0.838. The first-order chi connectivity index (χ1) is 7.18. The molecule has 5 heteroatoms. The van der Waals surface area contributed by atoms with Crippen LogP contribution in [0.15, 0.2) is 30.7 Å². The third-order valence-electron chi connectivity index (χ3n) is 2.17. The summed E-state index contributed by atoms with van der Waals surface area (Å²) >= 11 is 6.01. The first-order valence-electron chi connectivity index (χ1n) is 4.53. The average Bonchev–Trinajstić information content (AvgIpc) is 2.65. The van der Waals surface area contributed by atoms with Crippen LogP contribution in [-0.2, 0) is 7.05 Å². The van der Waals surface area contributed by atoms with Crippen molar-refractivity contribution in [3.8, 4) is 0 Å². The van der Waals surface area contributed by atoms with Crippen LogP contribution >= 0.6 is 11.6 Å². The molecule has 2 aromatic rings. The smallest absolute Gasteiger partial charge is 0.0803 e. The standard InChI is InChI=1S/C10H11ClN4/c1-15-6-7(5-14-15)9(12)10-8(11)3-2-4-13-10/h2-6,9H,12H2,1H3. The van der Waals surface area contributed by atoms with Crippen molar-refractivity contribution in [1.82, 2.24) is 14.8 Å². The highest BCUT2D eigenvalue weighted by atomic mass is 35.5. The monoisotopic (exact) mass is 222 g/mol. The van der Waals surface area contributed by atoms with Crippen molar-refractivity contribution in [3.05, 3.63) is 47.0 Å². The van der Waals surface area contributed by atoms with Crippen LogP contribution in [0.3, 0.4) is 0 Å². The molecular formula is C10H11ClN4. The van der Waals surface area contributed by atoms with Gasteiger partial charge in [0.1, 0.15) is 0 Å². The molecule has 0 bridgehead atoms. The molecule has 2 heterocycles. The normalized spacial score (nSPS) is 12.7. The molecule has 2 N–H and O–H groups in total. The van der Waals surface area contributed by atoms with Gasteiger partial charge in [0.15, 0.2) is 0 Å². The van der Waals surface area contributed by atoms with Gasteiger partial charge in [-0.15, -0.1) is 0 Å². The van der Waals surface area contributed by atoms with E-state index in [1.807, 2.05) is 13.2 Å². The fourth-order valence-corrected chi connectivity index (χ4v) is 1.62. The topological polar surface area (TPSA) is 56.7 Å². The van der Waals surface area contributed by atoms with Crippen molar-refractivity contribution in [3.63, 3.8) is 0 Å². The van der Waals surface area contributed by atoms with Crippen LogP contribution in [0.25, 0.3) is 0 Å². The maximum atomic E-state index is 6.03. The zero-order valence-electron chi connectivity index (χ0n) is 8.26. The lowest BCUT2D eigenvalue weighted by molar-refractivity contribution is 0.763. The molecule has 78 valence electrons. The van der Waals surface area contributed by atoms with Crippen molar-refractivity contribution in [2.24, 2.45) is 12.8 Å². The molecule has 1 unspecified atom stereocenters. The van der Waals surface area contributed by atoms with Crippen molar-refractivity contribution in [2.75, 3.05) is 0 Å². The van der Waals surface area contributed by atoms with E-state index in [1.54, 1.807) is 29.2 Å². The van der Waals surface area contributed by atoms with Gasteiger partial charge in [-0.05, 0) is 12.1 Å². The number of nitrogens with two attached hydrogens (primary N) is 1. The summed E-state index contributed by atoms with van der Waals surface area (Å²) in [6, 6.07) is 3.23. The zero-order chi connectivity index (χ0) is 10.8. The number of hydrogen-bond donors (Lipinski definition) is 1. The second-order valence-electron chi connectivity index (χ2n) is 3.30. The van der Waals surface area contributed by atoms with E-state index in [0.717, 1.165) is 5.56 Å². The average molecular weight is 223 g/mol. The van der Waals surface area contributed by atoms with E-state index in [-0.39, 0.29) is 6.04 Å². The van der Waals surface area contributed by atoms with Crippen molar-refractivity contribution in [2.45, 2.75) is 6.04 Å². The SMILES string of the molecule is Cn1cc(C(N)c2ncccc2Cl)cn1. The van der Waals surface area contributed by atoms with Gasteiger partial charge in [0.05, 0.1) is 23.0 Å². The van der Waals surface area contributed by atoms with Gasteiger partial charge in [-0.25, -0.2) is 0 Å². The molecule has 0 amide bonds. The zero-order valence-corrected chi connectivity index (χ0v) is 9.02. The van der Waals surface area contributed by atoms with Crippen LogP contribution in [0.5, 0.6) is 0 Å². The van der Waals surface area contributed by atoms with Gasteiger partial charge < -0.3 is 5.73 Å². The van der Waals surface area contributed by atoms with Crippen LogP contribution in [0, 0.1) is 0 Å². The van der Waals surface area contributed by atoms with E-state index < -0.39 is 0 Å². The van der Waals surface area contributed by atoms with E-state index in [4.69, 9.17) is 17.3 Å². The van der Waals surface area contributed by atoms with E-state index in [1.165, 1.54) is 0 Å². The Morgan fingerprint density at radius 1 is 1.53 bits per heavy atom. The minimum atomic E-state index is -0.326. The Balaban J connectivity index is 2.36. The summed E-state index contributed by atoms with van der Waals surface area (Å²) in [5.41, 5.74) is 7.60. The number of aromatic nitrogens is 3. The highest BCUT2D eigenvalue weighted by Crippen LogP contribution is 2.23. The number of rotatable bonds is 2. The molecule has 1 atom stereocenters. The number of aryl methyl sites for hydroxylation is 1. The third kappa shape index (κ3) is 2.00. The molecule has 0 fully saturated rings. The second kappa shape index (κ2) is 4.00. The summed E-state index contributed by atoms with van der Waals surface area (Å²) in [5, 5.41) is 4.64. The van der Waals surface area contributed by atoms with Crippen LogP contribution in [0.4, 0.5) is 0 Å². The molecule has 2 rings (SSSR count). The molecule has 15 heavy (non-hydrogen) atoms. The maximum Gasteiger partial charge on any atom is 0.0803 e. The molecule has 0 aromatic carbocycles. The van der Waals surface area contributed by atoms with E-state index >= 15 is 0 Å². The summed E-state index contributed by atoms with van der Waals surface area (Å²) in [5.74, 6) is 0. The van der Waals surface area contributed by atoms with Crippen molar-refractivity contribution < 1.29 is 0 Å². The minimum absolute atomic E-state index is 0.326. The molecule has 0 aliphatic carbocycles. The van der Waals surface area contributed by atoms with Crippen molar-refractivity contribution in [1.29, 1.82) is 0 Å². The largest absolute Gasteiger partial charge is 0.319 e. The molecule has 0 saturated heterocycles. The maximum absolute atomic E-state index is 6.03. The van der Waals surface area contributed by atoms with Gasteiger partial charge in [0, 0.05) is 25.0 Å². The molecular weight excluding hydrogens is 212 g/mol. The van der Waals surface area contributed by atoms with E-state index in [2.05, 4.69) is 10.1 Å². The summed E-state index contributed by atoms with van der Waals surface area (Å²) in [6.45, 7) is 0. The van der Waals surface area contributed by atoms with Gasteiger partial charge in [0.25, 0.3) is 0 Å². The van der Waals surface area contributed by atoms with Crippen LogP contribution < -0.4 is 5.73 Å². The fourth-order valence-electron chi connectivity index (χ4n) is 1.39.